The summed E-state index contributed by atoms with van der Waals surface area (Å²) in [6.45, 7) is 0.371. The van der Waals surface area contributed by atoms with Crippen LogP contribution in [0.1, 0.15) is 16.8 Å². The molecule has 1 aromatic carbocycles. The lowest BCUT2D eigenvalue weighted by atomic mass is 10.1. The molecule has 0 aliphatic rings. The molecule has 0 atom stereocenters. The number of Topliss-reactive ketones (excluding diaryl/α,β-unsaturated/α-hetero) is 1. The molecule has 30 heavy (non-hydrogen) atoms. The molecule has 0 spiro atoms. The Bertz CT molecular complexity index is 1480. The second kappa shape index (κ2) is 7.42. The van der Waals surface area contributed by atoms with Gasteiger partial charge in [0.05, 0.1) is 19.0 Å². The van der Waals surface area contributed by atoms with Gasteiger partial charge in [0.1, 0.15) is 0 Å². The SMILES string of the molecule is Cn1c(=O)c2nc(Br)n(CC(=O)c3cn(CCC#N)c4ccccc34)c2n(C)c1=O. The molecule has 0 N–H and O–H groups in total. The van der Waals surface area contributed by atoms with E-state index in [0.29, 0.717) is 18.5 Å². The third-order valence-electron chi connectivity index (χ3n) is 5.15. The van der Waals surface area contributed by atoms with Gasteiger partial charge in [-0.3, -0.25) is 23.3 Å². The average Bonchev–Trinajstić information content (AvgIpc) is 3.27. The molecule has 3 heterocycles. The smallest absolute Gasteiger partial charge is 0.332 e. The number of benzene rings is 1. The number of para-hydroxylation sites is 1. The second-order valence-electron chi connectivity index (χ2n) is 6.93. The molecule has 0 aliphatic heterocycles. The van der Waals surface area contributed by atoms with E-state index in [9.17, 15) is 14.4 Å². The van der Waals surface area contributed by atoms with Gasteiger partial charge in [-0.1, -0.05) is 18.2 Å². The molecule has 0 fully saturated rings. The van der Waals surface area contributed by atoms with Gasteiger partial charge in [-0.15, -0.1) is 0 Å². The summed E-state index contributed by atoms with van der Waals surface area (Å²) in [7, 11) is 2.92. The van der Waals surface area contributed by atoms with E-state index in [1.165, 1.54) is 23.2 Å². The van der Waals surface area contributed by atoms with Crippen molar-refractivity contribution < 1.29 is 4.79 Å². The summed E-state index contributed by atoms with van der Waals surface area (Å²) in [6, 6.07) is 9.61. The Morgan fingerprint density at radius 1 is 1.20 bits per heavy atom. The molecule has 9 nitrogen and oxygen atoms in total. The molecule has 4 rings (SSSR count). The van der Waals surface area contributed by atoms with Gasteiger partial charge in [0.25, 0.3) is 5.56 Å². The van der Waals surface area contributed by atoms with Gasteiger partial charge in [0.15, 0.2) is 21.7 Å². The highest BCUT2D eigenvalue weighted by atomic mass is 79.9. The number of nitriles is 1. The van der Waals surface area contributed by atoms with Gasteiger partial charge in [0.2, 0.25) is 0 Å². The molecule has 4 aromatic rings. The molecule has 0 saturated heterocycles. The van der Waals surface area contributed by atoms with Gasteiger partial charge >= 0.3 is 5.69 Å². The molecule has 3 aromatic heterocycles. The normalized spacial score (nSPS) is 11.3. The number of aryl methyl sites for hydroxylation is 2. The monoisotopic (exact) mass is 468 g/mol. The average molecular weight is 469 g/mol. The molecule has 0 bridgehead atoms. The first-order chi connectivity index (χ1) is 14.3. The van der Waals surface area contributed by atoms with Crippen LogP contribution in [0.3, 0.4) is 0 Å². The van der Waals surface area contributed by atoms with Gasteiger partial charge < -0.3 is 4.57 Å². The van der Waals surface area contributed by atoms with E-state index in [-0.39, 0.29) is 28.2 Å². The molecule has 0 radical (unpaired) electrons. The van der Waals surface area contributed by atoms with Crippen LogP contribution < -0.4 is 11.2 Å². The van der Waals surface area contributed by atoms with Crippen molar-refractivity contribution in [3.05, 3.63) is 61.6 Å². The Morgan fingerprint density at radius 3 is 2.67 bits per heavy atom. The van der Waals surface area contributed by atoms with E-state index in [0.717, 1.165) is 15.5 Å². The van der Waals surface area contributed by atoms with Crippen LogP contribution in [0.2, 0.25) is 0 Å². The first-order valence-corrected chi connectivity index (χ1v) is 9.94. The van der Waals surface area contributed by atoms with E-state index in [1.54, 1.807) is 6.20 Å². The fourth-order valence-corrected chi connectivity index (χ4v) is 4.13. The predicted octanol–water partition coefficient (Wildman–Crippen LogP) is 1.95. The largest absolute Gasteiger partial charge is 0.346 e. The lowest BCUT2D eigenvalue weighted by Gasteiger charge is -2.09. The lowest BCUT2D eigenvalue weighted by Crippen LogP contribution is -2.37. The zero-order valence-corrected chi connectivity index (χ0v) is 17.9. The molecular formula is C20H17BrN6O3. The topological polar surface area (TPSA) is 108 Å². The van der Waals surface area contributed by atoms with Gasteiger partial charge in [-0.05, 0) is 22.0 Å². The third kappa shape index (κ3) is 2.98. The van der Waals surface area contributed by atoms with E-state index in [1.807, 2.05) is 28.8 Å². The molecule has 0 aliphatic carbocycles. The van der Waals surface area contributed by atoms with Crippen molar-refractivity contribution in [3.8, 4) is 6.07 Å². The minimum absolute atomic E-state index is 0.107. The van der Waals surface area contributed by atoms with Crippen molar-refractivity contribution in [2.24, 2.45) is 14.1 Å². The summed E-state index contributed by atoms with van der Waals surface area (Å²) in [4.78, 5) is 42.3. The minimum atomic E-state index is -0.520. The quantitative estimate of drug-likeness (QED) is 0.328. The number of hydrogen-bond donors (Lipinski definition) is 0. The van der Waals surface area contributed by atoms with Crippen LogP contribution in [0, 0.1) is 11.3 Å². The molecule has 152 valence electrons. The van der Waals surface area contributed by atoms with Crippen molar-refractivity contribution in [2.45, 2.75) is 19.5 Å². The highest BCUT2D eigenvalue weighted by molar-refractivity contribution is 9.10. The number of nitrogens with zero attached hydrogens (tertiary/aromatic N) is 6. The summed E-state index contributed by atoms with van der Waals surface area (Å²) in [6.07, 6.45) is 2.07. The highest BCUT2D eigenvalue weighted by Crippen LogP contribution is 2.24. The van der Waals surface area contributed by atoms with Crippen LogP contribution in [0.15, 0.2) is 44.8 Å². The summed E-state index contributed by atoms with van der Waals surface area (Å²) in [5, 5.41) is 9.69. The number of aromatic nitrogens is 5. The van der Waals surface area contributed by atoms with Crippen LogP contribution in [0.5, 0.6) is 0 Å². The third-order valence-corrected chi connectivity index (χ3v) is 5.75. The number of halogens is 1. The van der Waals surface area contributed by atoms with Crippen molar-refractivity contribution in [1.29, 1.82) is 5.26 Å². The minimum Gasteiger partial charge on any atom is -0.346 e. The van der Waals surface area contributed by atoms with E-state index >= 15 is 0 Å². The molecule has 0 unspecified atom stereocenters. The summed E-state index contributed by atoms with van der Waals surface area (Å²) in [5.74, 6) is -0.199. The highest BCUT2D eigenvalue weighted by Gasteiger charge is 2.21. The number of carbonyl (C=O) groups excluding carboxylic acids is 1. The standard InChI is InChI=1S/C20H17BrN6O3/c1-24-17-16(18(29)25(2)20(24)30)23-19(21)27(17)11-15(28)13-10-26(9-5-8-22)14-7-4-3-6-12(13)14/h3-4,6-7,10H,5,9,11H2,1-2H3. The maximum absolute atomic E-state index is 13.2. The first-order valence-electron chi connectivity index (χ1n) is 9.15. The number of fused-ring (bicyclic) bond motifs is 2. The first kappa shape index (κ1) is 19.8. The van der Waals surface area contributed by atoms with Crippen molar-refractivity contribution in [2.75, 3.05) is 0 Å². The molecule has 10 heteroatoms. The van der Waals surface area contributed by atoms with Gasteiger partial charge in [0, 0.05) is 43.3 Å². The number of hydrogen-bond acceptors (Lipinski definition) is 5. The summed E-state index contributed by atoms with van der Waals surface area (Å²) in [5.41, 5.74) is 0.736. The van der Waals surface area contributed by atoms with Crippen LogP contribution in [0.4, 0.5) is 0 Å². The fourth-order valence-electron chi connectivity index (χ4n) is 3.66. The van der Waals surface area contributed by atoms with Crippen LogP contribution >= 0.6 is 15.9 Å². The number of rotatable bonds is 5. The maximum atomic E-state index is 13.2. The van der Waals surface area contributed by atoms with Crippen molar-refractivity contribution in [3.63, 3.8) is 0 Å². The lowest BCUT2D eigenvalue weighted by molar-refractivity contribution is 0.0973. The Balaban J connectivity index is 1.84. The van der Waals surface area contributed by atoms with Gasteiger partial charge in [-0.2, -0.15) is 5.26 Å². The van der Waals surface area contributed by atoms with E-state index < -0.39 is 11.2 Å². The Kier molecular flexibility index (Phi) is 4.91. The summed E-state index contributed by atoms with van der Waals surface area (Å²) < 4.78 is 5.98. The molecule has 0 amide bonds. The number of carbonyl (C=O) groups is 1. The van der Waals surface area contributed by atoms with Crippen LogP contribution in [0.25, 0.3) is 22.1 Å². The van der Waals surface area contributed by atoms with Gasteiger partial charge in [-0.25, -0.2) is 9.78 Å². The zero-order chi connectivity index (χ0) is 21.6. The van der Waals surface area contributed by atoms with Crippen LogP contribution in [-0.2, 0) is 27.2 Å². The maximum Gasteiger partial charge on any atom is 0.332 e. The molecular weight excluding hydrogens is 452 g/mol. The second-order valence-corrected chi connectivity index (χ2v) is 7.64. The predicted molar refractivity (Wildman–Crippen MR) is 114 cm³/mol. The Labute approximate surface area is 178 Å². The molecule has 0 saturated carbocycles. The van der Waals surface area contributed by atoms with Crippen molar-refractivity contribution >= 4 is 43.8 Å². The fraction of sp³-hybridized carbons (Fsp3) is 0.250. The Hall–Kier alpha value is -3.45. The summed E-state index contributed by atoms with van der Waals surface area (Å²) >= 11 is 3.31. The van der Waals surface area contributed by atoms with Crippen molar-refractivity contribution in [1.82, 2.24) is 23.3 Å². The number of ketones is 1. The van der Waals surface area contributed by atoms with Crippen LogP contribution in [-0.4, -0.2) is 29.0 Å². The zero-order valence-electron chi connectivity index (χ0n) is 16.3. The van der Waals surface area contributed by atoms with E-state index in [4.69, 9.17) is 5.26 Å². The van der Waals surface area contributed by atoms with E-state index in [2.05, 4.69) is 27.0 Å². The Morgan fingerprint density at radius 2 is 1.93 bits per heavy atom. The number of imidazole rings is 1.